The van der Waals surface area contributed by atoms with Gasteiger partial charge in [0.05, 0.1) is 0 Å². The molecular weight excluding hydrogens is 218 g/mol. The van der Waals surface area contributed by atoms with Crippen LogP contribution in [0.4, 0.5) is 0 Å². The fourth-order valence-corrected chi connectivity index (χ4v) is 2.75. The van der Waals surface area contributed by atoms with Crippen LogP contribution in [0, 0.1) is 5.92 Å². The minimum Gasteiger partial charge on any atom is -0.326 e. The molecule has 1 aromatic rings. The Morgan fingerprint density at radius 3 is 2.83 bits per heavy atom. The summed E-state index contributed by atoms with van der Waals surface area (Å²) in [5, 5.41) is 0. The first-order chi connectivity index (χ1) is 8.77. The summed E-state index contributed by atoms with van der Waals surface area (Å²) in [5.74, 6) is 0.595. The van der Waals surface area contributed by atoms with Gasteiger partial charge in [0.15, 0.2) is 0 Å². The van der Waals surface area contributed by atoms with Gasteiger partial charge in [0.25, 0.3) is 0 Å². The van der Waals surface area contributed by atoms with Crippen molar-refractivity contribution < 1.29 is 0 Å². The Morgan fingerprint density at radius 1 is 1.33 bits per heavy atom. The minimum absolute atomic E-state index is 0.595. The molecule has 0 spiro atoms. The van der Waals surface area contributed by atoms with Crippen LogP contribution in [0.15, 0.2) is 36.4 Å². The van der Waals surface area contributed by atoms with E-state index >= 15 is 0 Å². The fraction of sp³-hybridized carbons (Fsp3) is 0.412. The van der Waals surface area contributed by atoms with Gasteiger partial charge in [-0.3, -0.25) is 0 Å². The van der Waals surface area contributed by atoms with Gasteiger partial charge in [-0.1, -0.05) is 56.7 Å². The van der Waals surface area contributed by atoms with Gasteiger partial charge < -0.3 is 5.73 Å². The molecule has 0 aromatic heterocycles. The molecule has 1 aliphatic carbocycles. The Morgan fingerprint density at radius 2 is 2.17 bits per heavy atom. The molecule has 96 valence electrons. The van der Waals surface area contributed by atoms with Crippen LogP contribution in [-0.2, 0) is 13.0 Å². The molecule has 1 heteroatoms. The molecule has 0 radical (unpaired) electrons. The Balaban J connectivity index is 2.46. The maximum atomic E-state index is 5.99. The lowest BCUT2D eigenvalue weighted by Crippen LogP contribution is -2.09. The van der Waals surface area contributed by atoms with E-state index < -0.39 is 0 Å². The van der Waals surface area contributed by atoms with Gasteiger partial charge in [-0.05, 0) is 41.0 Å². The summed E-state index contributed by atoms with van der Waals surface area (Å²) in [6.45, 7) is 5.15. The second-order valence-corrected chi connectivity index (χ2v) is 5.08. The Bertz CT molecular complexity index is 468. The molecule has 18 heavy (non-hydrogen) atoms. The summed E-state index contributed by atoms with van der Waals surface area (Å²) in [4.78, 5) is 0. The highest BCUT2D eigenvalue weighted by Crippen LogP contribution is 2.32. The zero-order chi connectivity index (χ0) is 13.0. The molecule has 1 unspecified atom stereocenters. The van der Waals surface area contributed by atoms with Crippen LogP contribution in [0.25, 0.3) is 5.57 Å². The van der Waals surface area contributed by atoms with Crippen LogP contribution in [0.2, 0.25) is 0 Å². The number of nitrogens with two attached hydrogens (primary N) is 1. The highest BCUT2D eigenvalue weighted by molar-refractivity contribution is 5.73. The molecule has 0 aliphatic heterocycles. The Hall–Kier alpha value is -1.34. The number of aryl methyl sites for hydroxylation is 1. The number of benzene rings is 1. The van der Waals surface area contributed by atoms with E-state index in [-0.39, 0.29) is 0 Å². The van der Waals surface area contributed by atoms with E-state index in [2.05, 4.69) is 50.3 Å². The highest BCUT2D eigenvalue weighted by atomic mass is 14.5. The molecule has 0 bridgehead atoms. The maximum Gasteiger partial charge on any atom is 0.0186 e. The van der Waals surface area contributed by atoms with Crippen molar-refractivity contribution in [3.05, 3.63) is 53.1 Å². The molecule has 2 N–H and O–H groups in total. The summed E-state index contributed by atoms with van der Waals surface area (Å²) in [6, 6.07) is 6.62. The molecule has 1 atom stereocenters. The second-order valence-electron chi connectivity index (χ2n) is 5.08. The summed E-state index contributed by atoms with van der Waals surface area (Å²) in [7, 11) is 0. The van der Waals surface area contributed by atoms with Crippen molar-refractivity contribution in [2.45, 2.75) is 39.7 Å². The predicted molar refractivity (Wildman–Crippen MR) is 79.2 cm³/mol. The van der Waals surface area contributed by atoms with E-state index in [1.165, 1.54) is 28.7 Å². The maximum absolute atomic E-state index is 5.99. The number of hydrogen-bond acceptors (Lipinski definition) is 1. The lowest BCUT2D eigenvalue weighted by atomic mass is 9.84. The van der Waals surface area contributed by atoms with Crippen LogP contribution >= 0.6 is 0 Å². The van der Waals surface area contributed by atoms with Gasteiger partial charge in [0, 0.05) is 6.54 Å². The summed E-state index contributed by atoms with van der Waals surface area (Å²) in [5.41, 5.74) is 11.5. The molecular formula is C17H23N. The third kappa shape index (κ3) is 2.56. The fourth-order valence-electron chi connectivity index (χ4n) is 2.75. The van der Waals surface area contributed by atoms with E-state index in [0.29, 0.717) is 12.5 Å². The Labute approximate surface area is 110 Å². The normalized spacial score (nSPS) is 18.8. The Kier molecular flexibility index (Phi) is 4.38. The van der Waals surface area contributed by atoms with Crippen LogP contribution in [-0.4, -0.2) is 0 Å². The lowest BCUT2D eigenvalue weighted by molar-refractivity contribution is 0.755. The van der Waals surface area contributed by atoms with Gasteiger partial charge in [-0.2, -0.15) is 0 Å². The molecule has 0 saturated carbocycles. The predicted octanol–water partition coefficient (Wildman–Crippen LogP) is 4.08. The zero-order valence-electron chi connectivity index (χ0n) is 11.4. The molecule has 0 heterocycles. The molecule has 1 aliphatic rings. The molecule has 1 nitrogen and oxygen atoms in total. The topological polar surface area (TPSA) is 26.0 Å². The van der Waals surface area contributed by atoms with E-state index in [0.717, 1.165) is 12.8 Å². The number of hydrogen-bond donors (Lipinski definition) is 1. The first kappa shape index (κ1) is 13.1. The largest absolute Gasteiger partial charge is 0.326 e. The van der Waals surface area contributed by atoms with Crippen LogP contribution < -0.4 is 5.73 Å². The van der Waals surface area contributed by atoms with E-state index in [1.807, 2.05) is 0 Å². The number of rotatable bonds is 4. The van der Waals surface area contributed by atoms with Crippen LogP contribution in [0.3, 0.4) is 0 Å². The van der Waals surface area contributed by atoms with E-state index in [1.54, 1.807) is 0 Å². The van der Waals surface area contributed by atoms with Crippen LogP contribution in [0.5, 0.6) is 0 Å². The monoisotopic (exact) mass is 241 g/mol. The molecule has 0 fully saturated rings. The first-order valence-corrected chi connectivity index (χ1v) is 6.95. The molecule has 1 aromatic carbocycles. The van der Waals surface area contributed by atoms with Gasteiger partial charge >= 0.3 is 0 Å². The van der Waals surface area contributed by atoms with Crippen molar-refractivity contribution in [2.75, 3.05) is 0 Å². The van der Waals surface area contributed by atoms with Gasteiger partial charge in [0.1, 0.15) is 0 Å². The van der Waals surface area contributed by atoms with Gasteiger partial charge in [-0.15, -0.1) is 0 Å². The van der Waals surface area contributed by atoms with Crippen molar-refractivity contribution in [3.63, 3.8) is 0 Å². The molecule has 0 saturated heterocycles. The molecule has 2 rings (SSSR count). The third-order valence-corrected chi connectivity index (χ3v) is 3.74. The SMILES string of the molecule is CCCc1cccc(C2=CC=CCC2C)c1CN. The van der Waals surface area contributed by atoms with E-state index in [9.17, 15) is 0 Å². The van der Waals surface area contributed by atoms with Gasteiger partial charge in [0.2, 0.25) is 0 Å². The quantitative estimate of drug-likeness (QED) is 0.844. The van der Waals surface area contributed by atoms with Crippen molar-refractivity contribution in [3.8, 4) is 0 Å². The summed E-state index contributed by atoms with van der Waals surface area (Å²) < 4.78 is 0. The van der Waals surface area contributed by atoms with Crippen molar-refractivity contribution in [1.82, 2.24) is 0 Å². The smallest absolute Gasteiger partial charge is 0.0186 e. The average molecular weight is 241 g/mol. The third-order valence-electron chi connectivity index (χ3n) is 3.74. The average Bonchev–Trinajstić information content (AvgIpc) is 2.39. The minimum atomic E-state index is 0.595. The van der Waals surface area contributed by atoms with Gasteiger partial charge in [-0.25, -0.2) is 0 Å². The standard InChI is InChI=1S/C17H23N/c1-3-7-14-9-6-11-16(17(14)12-18)15-10-5-4-8-13(15)2/h4-6,9-11,13H,3,7-8,12,18H2,1-2H3. The first-order valence-electron chi connectivity index (χ1n) is 6.95. The van der Waals surface area contributed by atoms with Crippen molar-refractivity contribution in [2.24, 2.45) is 11.7 Å². The zero-order valence-corrected chi connectivity index (χ0v) is 11.4. The van der Waals surface area contributed by atoms with Crippen molar-refractivity contribution in [1.29, 1.82) is 0 Å². The highest BCUT2D eigenvalue weighted by Gasteiger charge is 2.16. The molecule has 0 amide bonds. The van der Waals surface area contributed by atoms with Crippen molar-refractivity contribution >= 4 is 5.57 Å². The summed E-state index contributed by atoms with van der Waals surface area (Å²) >= 11 is 0. The van der Waals surface area contributed by atoms with E-state index in [4.69, 9.17) is 5.73 Å². The lowest BCUT2D eigenvalue weighted by Gasteiger charge is -2.21. The number of allylic oxidation sites excluding steroid dienone is 4. The second kappa shape index (κ2) is 6.01. The van der Waals surface area contributed by atoms with Crippen LogP contribution in [0.1, 0.15) is 43.4 Å². The summed E-state index contributed by atoms with van der Waals surface area (Å²) in [6.07, 6.45) is 10.1.